The Bertz CT molecular complexity index is 1050. The first-order valence-electron chi connectivity index (χ1n) is 10.5. The zero-order chi connectivity index (χ0) is 23.1. The molecule has 1 N–H and O–H groups in total. The lowest BCUT2D eigenvalue weighted by Gasteiger charge is -2.26. The van der Waals surface area contributed by atoms with Crippen LogP contribution < -0.4 is 5.32 Å². The van der Waals surface area contributed by atoms with Crippen molar-refractivity contribution in [2.75, 3.05) is 38.2 Å². The van der Waals surface area contributed by atoms with E-state index in [4.69, 9.17) is 9.47 Å². The number of aryl methyl sites for hydroxylation is 1. The molecule has 8 nitrogen and oxygen atoms in total. The third-order valence-electron chi connectivity index (χ3n) is 5.30. The van der Waals surface area contributed by atoms with Gasteiger partial charge < -0.3 is 14.8 Å². The average Bonchev–Trinajstić information content (AvgIpc) is 2.80. The number of esters is 1. The molecule has 1 aliphatic heterocycles. The third-order valence-corrected chi connectivity index (χ3v) is 7.34. The molecule has 2 aromatic carbocycles. The molecule has 0 spiro atoms. The van der Waals surface area contributed by atoms with Crippen molar-refractivity contribution < 1.29 is 27.5 Å². The van der Waals surface area contributed by atoms with E-state index in [1.54, 1.807) is 19.1 Å². The number of sulfonamides is 1. The summed E-state index contributed by atoms with van der Waals surface area (Å²) in [6, 6.07) is 13.9. The predicted molar refractivity (Wildman–Crippen MR) is 120 cm³/mol. The number of ether oxygens (including phenoxy) is 2. The van der Waals surface area contributed by atoms with E-state index >= 15 is 0 Å². The summed E-state index contributed by atoms with van der Waals surface area (Å²) in [7, 11) is -3.71. The first-order chi connectivity index (χ1) is 15.3. The molecule has 1 heterocycles. The highest BCUT2D eigenvalue weighted by Gasteiger charge is 2.28. The largest absolute Gasteiger partial charge is 0.455 e. The average molecular weight is 461 g/mol. The number of morpholine rings is 1. The van der Waals surface area contributed by atoms with Gasteiger partial charge in [0.2, 0.25) is 10.0 Å². The quantitative estimate of drug-likeness (QED) is 0.608. The van der Waals surface area contributed by atoms with Crippen LogP contribution in [0.2, 0.25) is 0 Å². The van der Waals surface area contributed by atoms with E-state index in [0.717, 1.165) is 5.56 Å². The highest BCUT2D eigenvalue weighted by molar-refractivity contribution is 7.89. The lowest BCUT2D eigenvalue weighted by atomic mass is 9.97. The fourth-order valence-corrected chi connectivity index (χ4v) is 5.20. The highest BCUT2D eigenvalue weighted by Crippen LogP contribution is 2.25. The maximum absolute atomic E-state index is 13.0. The van der Waals surface area contributed by atoms with Crippen LogP contribution in [0.1, 0.15) is 30.4 Å². The second-order valence-corrected chi connectivity index (χ2v) is 9.43. The molecule has 1 atom stereocenters. The molecule has 0 bridgehead atoms. The molecule has 1 aliphatic rings. The molecular weight excluding hydrogens is 432 g/mol. The van der Waals surface area contributed by atoms with Crippen LogP contribution in [0, 0.1) is 6.92 Å². The summed E-state index contributed by atoms with van der Waals surface area (Å²) in [5.41, 5.74) is 1.73. The first-order valence-corrected chi connectivity index (χ1v) is 12.0. The van der Waals surface area contributed by atoms with E-state index in [2.05, 4.69) is 5.32 Å². The lowest BCUT2D eigenvalue weighted by molar-refractivity contribution is -0.149. The minimum atomic E-state index is -3.71. The zero-order valence-corrected chi connectivity index (χ0v) is 19.1. The van der Waals surface area contributed by atoms with Gasteiger partial charge in [0.25, 0.3) is 5.91 Å². The summed E-state index contributed by atoms with van der Waals surface area (Å²) < 4.78 is 37.8. The Morgan fingerprint density at radius 1 is 1.12 bits per heavy atom. The van der Waals surface area contributed by atoms with Gasteiger partial charge in [0.15, 0.2) is 6.61 Å². The van der Waals surface area contributed by atoms with E-state index in [-0.39, 0.29) is 18.0 Å². The Morgan fingerprint density at radius 3 is 2.47 bits per heavy atom. The minimum Gasteiger partial charge on any atom is -0.455 e. The van der Waals surface area contributed by atoms with Crippen LogP contribution in [0.4, 0.5) is 5.69 Å². The van der Waals surface area contributed by atoms with Crippen molar-refractivity contribution in [2.45, 2.75) is 31.1 Å². The van der Waals surface area contributed by atoms with Gasteiger partial charge in [0.05, 0.1) is 24.0 Å². The van der Waals surface area contributed by atoms with Crippen LogP contribution in [0.25, 0.3) is 0 Å². The predicted octanol–water partition coefficient (Wildman–Crippen LogP) is 2.69. The lowest BCUT2D eigenvalue weighted by Crippen LogP contribution is -2.40. The molecule has 2 aromatic rings. The molecule has 0 aliphatic carbocycles. The van der Waals surface area contributed by atoms with Crippen LogP contribution in [0.3, 0.4) is 0 Å². The number of hydrogen-bond acceptors (Lipinski definition) is 6. The molecule has 1 fully saturated rings. The van der Waals surface area contributed by atoms with Gasteiger partial charge in [-0.05, 0) is 36.6 Å². The zero-order valence-electron chi connectivity index (χ0n) is 18.2. The van der Waals surface area contributed by atoms with Crippen molar-refractivity contribution in [1.29, 1.82) is 0 Å². The second kappa shape index (κ2) is 10.7. The van der Waals surface area contributed by atoms with Crippen molar-refractivity contribution in [3.8, 4) is 0 Å². The molecule has 0 saturated carbocycles. The number of hydrogen-bond donors (Lipinski definition) is 1. The Kier molecular flexibility index (Phi) is 8.00. The number of carbonyl (C=O) groups excluding carboxylic acids is 2. The Hall–Kier alpha value is -2.75. The molecule has 32 heavy (non-hydrogen) atoms. The Morgan fingerprint density at radius 2 is 1.81 bits per heavy atom. The van der Waals surface area contributed by atoms with Gasteiger partial charge in [-0.2, -0.15) is 4.31 Å². The highest BCUT2D eigenvalue weighted by atomic mass is 32.2. The van der Waals surface area contributed by atoms with Crippen molar-refractivity contribution in [1.82, 2.24) is 4.31 Å². The topological polar surface area (TPSA) is 102 Å². The van der Waals surface area contributed by atoms with Crippen molar-refractivity contribution in [3.63, 3.8) is 0 Å². The second-order valence-electron chi connectivity index (χ2n) is 7.52. The minimum absolute atomic E-state index is 0.129. The Labute approximate surface area is 188 Å². The van der Waals surface area contributed by atoms with Crippen molar-refractivity contribution in [3.05, 3.63) is 59.7 Å². The summed E-state index contributed by atoms with van der Waals surface area (Å²) in [6.45, 7) is 4.39. The van der Waals surface area contributed by atoms with E-state index in [1.165, 1.54) is 10.4 Å². The summed E-state index contributed by atoms with van der Waals surface area (Å²) in [5, 5.41) is 2.61. The standard InChI is InChI=1S/C23H28N2O6S/c1-3-20(18-7-5-4-6-8-18)23(27)31-16-22(26)24-19-10-9-17(2)21(15-19)32(28,29)25-11-13-30-14-12-25/h4-10,15,20H,3,11-14,16H2,1-2H3,(H,24,26)/t20-/m1/s1. The first kappa shape index (κ1) is 23.9. The smallest absolute Gasteiger partial charge is 0.313 e. The summed E-state index contributed by atoms with van der Waals surface area (Å²) in [6.07, 6.45) is 0.547. The molecular formula is C23H28N2O6S. The van der Waals surface area contributed by atoms with Gasteiger partial charge in [0.1, 0.15) is 0 Å². The molecule has 9 heteroatoms. The van der Waals surface area contributed by atoms with Crippen molar-refractivity contribution >= 4 is 27.6 Å². The van der Waals surface area contributed by atoms with Gasteiger partial charge in [-0.3, -0.25) is 9.59 Å². The van der Waals surface area contributed by atoms with Crippen LogP contribution in [0.15, 0.2) is 53.4 Å². The molecule has 0 aromatic heterocycles. The normalized spacial score (nSPS) is 15.7. The number of anilines is 1. The van der Waals surface area contributed by atoms with Crippen LogP contribution >= 0.6 is 0 Å². The van der Waals surface area contributed by atoms with Crippen LogP contribution in [-0.2, 0) is 29.1 Å². The van der Waals surface area contributed by atoms with Gasteiger partial charge in [-0.15, -0.1) is 0 Å². The maximum Gasteiger partial charge on any atom is 0.313 e. The van der Waals surface area contributed by atoms with Crippen LogP contribution in [-0.4, -0.2) is 57.5 Å². The maximum atomic E-state index is 13.0. The Balaban J connectivity index is 1.64. The molecule has 3 rings (SSSR count). The number of amides is 1. The third kappa shape index (κ3) is 5.73. The van der Waals surface area contributed by atoms with Gasteiger partial charge in [0, 0.05) is 18.8 Å². The van der Waals surface area contributed by atoms with E-state index in [9.17, 15) is 18.0 Å². The fraction of sp³-hybridized carbons (Fsp3) is 0.391. The monoisotopic (exact) mass is 460 g/mol. The van der Waals surface area contributed by atoms with Crippen molar-refractivity contribution in [2.24, 2.45) is 0 Å². The summed E-state index contributed by atoms with van der Waals surface area (Å²) >= 11 is 0. The number of nitrogens with zero attached hydrogens (tertiary/aromatic N) is 1. The molecule has 172 valence electrons. The number of benzene rings is 2. The molecule has 1 saturated heterocycles. The van der Waals surface area contributed by atoms with Gasteiger partial charge >= 0.3 is 5.97 Å². The van der Waals surface area contributed by atoms with E-state index in [1.807, 2.05) is 37.3 Å². The number of nitrogens with one attached hydrogen (secondary N) is 1. The summed E-state index contributed by atoms with van der Waals surface area (Å²) in [4.78, 5) is 24.9. The number of rotatable bonds is 8. The SMILES string of the molecule is CC[C@@H](C(=O)OCC(=O)Nc1ccc(C)c(S(=O)(=O)N2CCOCC2)c1)c1ccccc1. The number of carbonyl (C=O) groups is 2. The fourth-order valence-electron chi connectivity index (χ4n) is 3.54. The van der Waals surface area contributed by atoms with Gasteiger partial charge in [-0.1, -0.05) is 43.3 Å². The molecule has 0 radical (unpaired) electrons. The van der Waals surface area contributed by atoms with Gasteiger partial charge in [-0.25, -0.2) is 8.42 Å². The van der Waals surface area contributed by atoms with E-state index < -0.39 is 34.4 Å². The summed E-state index contributed by atoms with van der Waals surface area (Å²) in [5.74, 6) is -1.47. The van der Waals surface area contributed by atoms with Crippen LogP contribution in [0.5, 0.6) is 0 Å². The molecule has 1 amide bonds. The molecule has 0 unspecified atom stereocenters. The van der Waals surface area contributed by atoms with E-state index in [0.29, 0.717) is 30.9 Å².